The number of sulfonamides is 1. The van der Waals surface area contributed by atoms with Crippen LogP contribution in [0.4, 0.5) is 10.5 Å². The summed E-state index contributed by atoms with van der Waals surface area (Å²) in [6.45, 7) is 1.29. The first-order valence-electron chi connectivity index (χ1n) is 9.53. The minimum Gasteiger partial charge on any atom is -0.373 e. The number of aromatic nitrogens is 3. The second kappa shape index (κ2) is 6.56. The van der Waals surface area contributed by atoms with E-state index < -0.39 is 16.1 Å². The molecule has 0 fully saturated rings. The lowest BCUT2D eigenvalue weighted by atomic mass is 10.1. The summed E-state index contributed by atoms with van der Waals surface area (Å²) < 4.78 is 34.2. The van der Waals surface area contributed by atoms with Crippen LogP contribution < -0.4 is 10.0 Å². The number of hydrogen-bond donors (Lipinski definition) is 2. The lowest BCUT2D eigenvalue weighted by Gasteiger charge is -2.15. The van der Waals surface area contributed by atoms with Gasteiger partial charge in [-0.1, -0.05) is 0 Å². The van der Waals surface area contributed by atoms with Gasteiger partial charge in [-0.15, -0.1) is 0 Å². The van der Waals surface area contributed by atoms with Gasteiger partial charge in [-0.3, -0.25) is 9.67 Å². The Morgan fingerprint density at radius 1 is 1.11 bits per heavy atom. The Bertz CT molecular complexity index is 1020. The fourth-order valence-electron chi connectivity index (χ4n) is 4.25. The molecule has 5 rings (SSSR count). The Kier molecular flexibility index (Phi) is 4.13. The highest BCUT2D eigenvalue weighted by Crippen LogP contribution is 2.36. The maximum Gasteiger partial charge on any atom is 0.333 e. The van der Waals surface area contributed by atoms with E-state index in [2.05, 4.69) is 15.1 Å². The van der Waals surface area contributed by atoms with Crippen LogP contribution in [0.3, 0.4) is 0 Å². The van der Waals surface area contributed by atoms with Crippen molar-refractivity contribution in [1.29, 1.82) is 0 Å². The molecular weight excluding hydrogens is 382 g/mol. The van der Waals surface area contributed by atoms with Crippen molar-refractivity contribution < 1.29 is 17.9 Å². The van der Waals surface area contributed by atoms with Crippen LogP contribution in [0.15, 0.2) is 11.1 Å². The predicted molar refractivity (Wildman–Crippen MR) is 99.5 cm³/mol. The van der Waals surface area contributed by atoms with E-state index in [-0.39, 0.29) is 5.03 Å². The molecule has 0 spiro atoms. The number of carbonyl (C=O) groups excluding carboxylic acids is 1. The predicted octanol–water partition coefficient (Wildman–Crippen LogP) is 1.30. The Morgan fingerprint density at radius 2 is 1.82 bits per heavy atom. The van der Waals surface area contributed by atoms with Crippen molar-refractivity contribution in [1.82, 2.24) is 19.5 Å². The van der Waals surface area contributed by atoms with Gasteiger partial charge in [0.05, 0.1) is 31.1 Å². The number of pyridine rings is 1. The Balaban J connectivity index is 1.39. The lowest BCUT2D eigenvalue weighted by molar-refractivity contribution is 0.0799. The van der Waals surface area contributed by atoms with E-state index >= 15 is 0 Å². The second-order valence-corrected chi connectivity index (χ2v) is 8.98. The third kappa shape index (κ3) is 2.96. The molecular formula is C18H21N5O4S. The summed E-state index contributed by atoms with van der Waals surface area (Å²) in [6.07, 6.45) is 5.51. The summed E-state index contributed by atoms with van der Waals surface area (Å²) in [7, 11) is -4.07. The number of ether oxygens (including phenoxy) is 1. The van der Waals surface area contributed by atoms with E-state index in [1.165, 1.54) is 6.07 Å². The third-order valence-electron chi connectivity index (χ3n) is 5.53. The molecule has 2 amide bonds. The number of rotatable bonds is 3. The average Bonchev–Trinajstić information content (AvgIpc) is 3.39. The number of anilines is 1. The summed E-state index contributed by atoms with van der Waals surface area (Å²) in [5, 5.41) is 6.72. The highest BCUT2D eigenvalue weighted by molar-refractivity contribution is 7.90. The van der Waals surface area contributed by atoms with Gasteiger partial charge in [-0.25, -0.2) is 9.52 Å². The van der Waals surface area contributed by atoms with Crippen LogP contribution >= 0.6 is 0 Å². The fraction of sp³-hybridized carbons (Fsp3) is 0.500. The van der Waals surface area contributed by atoms with Crippen LogP contribution in [0.25, 0.3) is 0 Å². The average molecular weight is 403 g/mol. The first-order valence-corrected chi connectivity index (χ1v) is 11.0. The van der Waals surface area contributed by atoms with Crippen molar-refractivity contribution in [2.45, 2.75) is 56.7 Å². The summed E-state index contributed by atoms with van der Waals surface area (Å²) in [5.41, 5.74) is 5.57. The van der Waals surface area contributed by atoms with Crippen molar-refractivity contribution in [3.8, 4) is 0 Å². The van der Waals surface area contributed by atoms with Crippen LogP contribution in [-0.4, -0.2) is 35.8 Å². The first kappa shape index (κ1) is 17.6. The van der Waals surface area contributed by atoms with Gasteiger partial charge in [-0.05, 0) is 49.7 Å². The fourth-order valence-corrected chi connectivity index (χ4v) is 5.15. The van der Waals surface area contributed by atoms with Gasteiger partial charge in [-0.2, -0.15) is 13.5 Å². The van der Waals surface area contributed by atoms with E-state index in [0.717, 1.165) is 66.7 Å². The van der Waals surface area contributed by atoms with Gasteiger partial charge in [0.25, 0.3) is 10.0 Å². The minimum atomic E-state index is -4.07. The van der Waals surface area contributed by atoms with Crippen LogP contribution in [0.1, 0.15) is 41.1 Å². The summed E-state index contributed by atoms with van der Waals surface area (Å²) >= 11 is 0. The zero-order valence-corrected chi connectivity index (χ0v) is 16.1. The quantitative estimate of drug-likeness (QED) is 0.798. The Morgan fingerprint density at radius 3 is 2.50 bits per heavy atom. The molecule has 28 heavy (non-hydrogen) atoms. The number of fused-ring (bicyclic) bond motifs is 3. The normalized spacial score (nSPS) is 17.7. The molecule has 9 nitrogen and oxygen atoms in total. The number of urea groups is 1. The molecule has 2 N–H and O–H groups in total. The van der Waals surface area contributed by atoms with Crippen molar-refractivity contribution in [2.24, 2.45) is 0 Å². The smallest absolute Gasteiger partial charge is 0.333 e. The number of hydrogen-bond acceptors (Lipinski definition) is 6. The van der Waals surface area contributed by atoms with E-state index in [9.17, 15) is 13.2 Å². The largest absolute Gasteiger partial charge is 0.373 e. The number of nitrogens with one attached hydrogen (secondary N) is 2. The molecule has 3 aliphatic rings. The minimum absolute atomic E-state index is 0.173. The molecule has 0 unspecified atom stereocenters. The highest BCUT2D eigenvalue weighted by atomic mass is 32.2. The molecule has 0 aromatic carbocycles. The second-order valence-electron chi connectivity index (χ2n) is 7.35. The SMILES string of the molecule is O=C(Nc1c2c(nc3c1CCC3)CCC2)NS(=O)(=O)c1cc2n(n1)CCOC2. The summed E-state index contributed by atoms with van der Waals surface area (Å²) in [6, 6.07) is 0.674. The molecule has 2 aliphatic carbocycles. The molecule has 148 valence electrons. The van der Waals surface area contributed by atoms with Crippen molar-refractivity contribution in [3.63, 3.8) is 0 Å². The Hall–Kier alpha value is -2.46. The van der Waals surface area contributed by atoms with Crippen molar-refractivity contribution in [2.75, 3.05) is 11.9 Å². The van der Waals surface area contributed by atoms with Crippen molar-refractivity contribution in [3.05, 3.63) is 34.3 Å². The maximum atomic E-state index is 12.6. The molecule has 0 saturated carbocycles. The number of aryl methyl sites for hydroxylation is 2. The van der Waals surface area contributed by atoms with E-state index in [0.29, 0.717) is 25.5 Å². The maximum absolute atomic E-state index is 12.6. The molecule has 2 aromatic rings. The first-order chi connectivity index (χ1) is 13.5. The van der Waals surface area contributed by atoms with Crippen LogP contribution in [0.2, 0.25) is 0 Å². The van der Waals surface area contributed by atoms with Gasteiger partial charge >= 0.3 is 6.03 Å². The highest BCUT2D eigenvalue weighted by Gasteiger charge is 2.28. The van der Waals surface area contributed by atoms with Crippen LogP contribution in [0, 0.1) is 0 Å². The molecule has 0 bridgehead atoms. The van der Waals surface area contributed by atoms with Gasteiger partial charge < -0.3 is 10.1 Å². The van der Waals surface area contributed by atoms with Gasteiger partial charge in [0, 0.05) is 17.5 Å². The molecule has 1 aliphatic heterocycles. The third-order valence-corrected chi connectivity index (χ3v) is 6.73. The number of nitrogens with zero attached hydrogens (tertiary/aromatic N) is 3. The van der Waals surface area contributed by atoms with Gasteiger partial charge in [0.15, 0.2) is 5.03 Å². The van der Waals surface area contributed by atoms with Crippen LogP contribution in [-0.2, 0) is 53.6 Å². The monoisotopic (exact) mass is 403 g/mol. The van der Waals surface area contributed by atoms with E-state index in [1.54, 1.807) is 4.68 Å². The van der Waals surface area contributed by atoms with Crippen LogP contribution in [0.5, 0.6) is 0 Å². The van der Waals surface area contributed by atoms with Crippen molar-refractivity contribution >= 4 is 21.7 Å². The zero-order valence-electron chi connectivity index (χ0n) is 15.3. The Labute approximate surface area is 162 Å². The molecule has 2 aromatic heterocycles. The van der Waals surface area contributed by atoms with E-state index in [4.69, 9.17) is 9.72 Å². The van der Waals surface area contributed by atoms with Gasteiger partial charge in [0.2, 0.25) is 0 Å². The molecule has 0 atom stereocenters. The molecule has 0 saturated heterocycles. The van der Waals surface area contributed by atoms with E-state index in [1.807, 2.05) is 0 Å². The lowest BCUT2D eigenvalue weighted by Crippen LogP contribution is -2.35. The topological polar surface area (TPSA) is 115 Å². The standard InChI is InChI=1S/C18H21N5O4S/c24-18(22-28(25,26)16-9-11-10-27-8-7-23(11)21-16)20-17-12-3-1-5-14(12)19-15-6-2-4-13(15)17/h9H,1-8,10H2,(H2,19,20,22,24). The molecule has 10 heteroatoms. The zero-order chi connectivity index (χ0) is 19.3. The molecule has 0 radical (unpaired) electrons. The number of amides is 2. The number of carbonyl (C=O) groups is 1. The summed E-state index contributed by atoms with van der Waals surface area (Å²) in [5.74, 6) is 0. The van der Waals surface area contributed by atoms with Gasteiger partial charge in [0.1, 0.15) is 0 Å². The molecule has 3 heterocycles. The summed E-state index contributed by atoms with van der Waals surface area (Å²) in [4.78, 5) is 17.3.